The lowest BCUT2D eigenvalue weighted by atomic mass is 10.0. The molecule has 2 atom stereocenters. The van der Waals surface area contributed by atoms with Crippen molar-refractivity contribution in [3.63, 3.8) is 0 Å². The van der Waals surface area contributed by atoms with Crippen molar-refractivity contribution in [1.82, 2.24) is 4.98 Å². The molecular weight excluding hydrogens is 317 g/mol. The van der Waals surface area contributed by atoms with E-state index in [9.17, 15) is 23.4 Å². The molecule has 102 valence electrons. The standard InChI is InChI=1S/C10H12BrF3N2O2/c11-2-1-7(17)8(18)5-3-6(10(12,13)14)9(15)16-4-5/h3-4,7-8,17-18H,1-2H2,(H2,15,16). The number of anilines is 1. The maximum atomic E-state index is 12.6. The summed E-state index contributed by atoms with van der Waals surface area (Å²) in [6, 6.07) is 0.699. The Labute approximate surface area is 110 Å². The minimum absolute atomic E-state index is 0.120. The van der Waals surface area contributed by atoms with E-state index in [4.69, 9.17) is 5.73 Å². The highest BCUT2D eigenvalue weighted by molar-refractivity contribution is 9.09. The molecule has 0 radical (unpaired) electrons. The number of aromatic nitrogens is 1. The van der Waals surface area contributed by atoms with Gasteiger partial charge in [0.2, 0.25) is 0 Å². The van der Waals surface area contributed by atoms with Gasteiger partial charge >= 0.3 is 6.18 Å². The lowest BCUT2D eigenvalue weighted by molar-refractivity contribution is -0.137. The largest absolute Gasteiger partial charge is 0.419 e. The highest BCUT2D eigenvalue weighted by Crippen LogP contribution is 2.34. The molecule has 4 nitrogen and oxygen atoms in total. The van der Waals surface area contributed by atoms with Crippen LogP contribution in [0.15, 0.2) is 12.3 Å². The molecule has 0 bridgehead atoms. The van der Waals surface area contributed by atoms with E-state index in [2.05, 4.69) is 20.9 Å². The fourth-order valence-corrected chi connectivity index (χ4v) is 1.84. The van der Waals surface area contributed by atoms with E-state index in [0.717, 1.165) is 6.20 Å². The number of hydrogen-bond donors (Lipinski definition) is 3. The molecule has 0 fully saturated rings. The van der Waals surface area contributed by atoms with Gasteiger partial charge in [0, 0.05) is 17.1 Å². The molecular formula is C10H12BrF3N2O2. The average Bonchev–Trinajstić information content (AvgIpc) is 2.27. The van der Waals surface area contributed by atoms with Crippen molar-refractivity contribution in [1.29, 1.82) is 0 Å². The number of nitrogen functional groups attached to an aromatic ring is 1. The van der Waals surface area contributed by atoms with E-state index in [1.807, 2.05) is 0 Å². The Morgan fingerprint density at radius 3 is 2.50 bits per heavy atom. The third kappa shape index (κ3) is 3.56. The molecule has 8 heteroatoms. The van der Waals surface area contributed by atoms with Gasteiger partial charge in [0.25, 0.3) is 0 Å². The molecule has 0 aliphatic rings. The Morgan fingerprint density at radius 2 is 2.00 bits per heavy atom. The molecule has 0 saturated carbocycles. The molecule has 18 heavy (non-hydrogen) atoms. The molecule has 0 aliphatic carbocycles. The van der Waals surface area contributed by atoms with Gasteiger partial charge in [-0.05, 0) is 12.5 Å². The van der Waals surface area contributed by atoms with Crippen molar-refractivity contribution in [3.8, 4) is 0 Å². The van der Waals surface area contributed by atoms with Crippen LogP contribution in [0.1, 0.15) is 23.7 Å². The summed E-state index contributed by atoms with van der Waals surface area (Å²) >= 11 is 3.06. The zero-order valence-corrected chi connectivity index (χ0v) is 10.7. The predicted molar refractivity (Wildman–Crippen MR) is 63.0 cm³/mol. The van der Waals surface area contributed by atoms with Crippen LogP contribution in [0, 0.1) is 0 Å². The summed E-state index contributed by atoms with van der Waals surface area (Å²) in [6.07, 6.45) is -6.03. The molecule has 4 N–H and O–H groups in total. The highest BCUT2D eigenvalue weighted by Gasteiger charge is 2.34. The van der Waals surface area contributed by atoms with Gasteiger partial charge in [0.15, 0.2) is 0 Å². The van der Waals surface area contributed by atoms with Gasteiger partial charge in [-0.1, -0.05) is 15.9 Å². The second-order valence-corrected chi connectivity index (χ2v) is 4.48. The third-order valence-corrected chi connectivity index (χ3v) is 2.81. The normalized spacial score (nSPS) is 15.4. The molecule has 0 aliphatic heterocycles. The van der Waals surface area contributed by atoms with Crippen molar-refractivity contribution >= 4 is 21.7 Å². The van der Waals surface area contributed by atoms with Crippen LogP contribution < -0.4 is 5.73 Å². The van der Waals surface area contributed by atoms with E-state index in [-0.39, 0.29) is 12.0 Å². The number of halogens is 4. The number of aliphatic hydroxyl groups excluding tert-OH is 2. The van der Waals surface area contributed by atoms with Gasteiger partial charge in [0.1, 0.15) is 11.9 Å². The molecule has 0 aromatic carbocycles. The quantitative estimate of drug-likeness (QED) is 0.737. The Kier molecular flexibility index (Phi) is 4.94. The number of nitrogens with zero attached hydrogens (tertiary/aromatic N) is 1. The van der Waals surface area contributed by atoms with Gasteiger partial charge in [-0.3, -0.25) is 0 Å². The summed E-state index contributed by atoms with van der Waals surface area (Å²) in [7, 11) is 0. The van der Waals surface area contributed by atoms with E-state index >= 15 is 0 Å². The first-order chi connectivity index (χ1) is 8.27. The number of aliphatic hydroxyl groups is 2. The minimum atomic E-state index is -4.65. The Hall–Kier alpha value is -0.860. The number of hydrogen-bond acceptors (Lipinski definition) is 4. The van der Waals surface area contributed by atoms with Crippen LogP contribution in [0.3, 0.4) is 0 Å². The fourth-order valence-electron chi connectivity index (χ4n) is 1.37. The fraction of sp³-hybridized carbons (Fsp3) is 0.500. The molecule has 0 amide bonds. The van der Waals surface area contributed by atoms with Crippen molar-refractivity contribution < 1.29 is 23.4 Å². The SMILES string of the molecule is Nc1ncc(C(O)C(O)CCBr)cc1C(F)(F)F. The van der Waals surface area contributed by atoms with Crippen molar-refractivity contribution in [2.45, 2.75) is 24.8 Å². The molecule has 1 aromatic heterocycles. The van der Waals surface area contributed by atoms with Gasteiger partial charge in [-0.25, -0.2) is 4.98 Å². The molecule has 2 unspecified atom stereocenters. The molecule has 0 saturated heterocycles. The summed E-state index contributed by atoms with van der Waals surface area (Å²) in [5.74, 6) is -0.659. The highest BCUT2D eigenvalue weighted by atomic mass is 79.9. The Bertz CT molecular complexity index is 415. The molecule has 1 heterocycles. The second-order valence-electron chi connectivity index (χ2n) is 3.69. The topological polar surface area (TPSA) is 79.4 Å². The lowest BCUT2D eigenvalue weighted by Crippen LogP contribution is -2.20. The summed E-state index contributed by atoms with van der Waals surface area (Å²) < 4.78 is 37.7. The molecule has 0 spiro atoms. The first-order valence-corrected chi connectivity index (χ1v) is 6.14. The second kappa shape index (κ2) is 5.85. The van der Waals surface area contributed by atoms with E-state index in [0.29, 0.717) is 11.4 Å². The summed E-state index contributed by atoms with van der Waals surface area (Å²) in [5, 5.41) is 19.6. The first kappa shape index (κ1) is 15.2. The first-order valence-electron chi connectivity index (χ1n) is 5.02. The van der Waals surface area contributed by atoms with Crippen molar-refractivity contribution in [3.05, 3.63) is 23.4 Å². The number of pyridine rings is 1. The number of rotatable bonds is 4. The summed E-state index contributed by atoms with van der Waals surface area (Å²) in [6.45, 7) is 0. The Morgan fingerprint density at radius 1 is 1.39 bits per heavy atom. The third-order valence-electron chi connectivity index (χ3n) is 2.36. The van der Waals surface area contributed by atoms with Gasteiger partial charge in [-0.2, -0.15) is 13.2 Å². The van der Waals surface area contributed by atoms with Crippen LogP contribution in [-0.2, 0) is 6.18 Å². The number of nitrogens with two attached hydrogens (primary N) is 1. The Balaban J connectivity index is 3.05. The van der Waals surface area contributed by atoms with Crippen molar-refractivity contribution in [2.24, 2.45) is 0 Å². The van der Waals surface area contributed by atoms with Gasteiger partial charge in [0.05, 0.1) is 11.7 Å². The van der Waals surface area contributed by atoms with Crippen LogP contribution in [-0.4, -0.2) is 26.6 Å². The van der Waals surface area contributed by atoms with Crippen molar-refractivity contribution in [2.75, 3.05) is 11.1 Å². The van der Waals surface area contributed by atoms with Gasteiger partial charge in [-0.15, -0.1) is 0 Å². The van der Waals surface area contributed by atoms with E-state index in [1.165, 1.54) is 0 Å². The average molecular weight is 329 g/mol. The van der Waals surface area contributed by atoms with Crippen LogP contribution in [0.2, 0.25) is 0 Å². The lowest BCUT2D eigenvalue weighted by Gasteiger charge is -2.18. The smallest absolute Gasteiger partial charge is 0.390 e. The zero-order chi connectivity index (χ0) is 13.9. The monoisotopic (exact) mass is 328 g/mol. The maximum absolute atomic E-state index is 12.6. The van der Waals surface area contributed by atoms with Gasteiger partial charge < -0.3 is 15.9 Å². The summed E-state index contributed by atoms with van der Waals surface area (Å²) in [4.78, 5) is 3.38. The maximum Gasteiger partial charge on any atom is 0.419 e. The van der Waals surface area contributed by atoms with Crippen LogP contribution in [0.25, 0.3) is 0 Å². The molecule has 1 aromatic rings. The van der Waals surface area contributed by atoms with E-state index in [1.54, 1.807) is 0 Å². The minimum Gasteiger partial charge on any atom is -0.390 e. The molecule has 1 rings (SSSR count). The zero-order valence-electron chi connectivity index (χ0n) is 9.15. The number of alkyl halides is 4. The van der Waals surface area contributed by atoms with Crippen LogP contribution in [0.5, 0.6) is 0 Å². The van der Waals surface area contributed by atoms with E-state index < -0.39 is 29.8 Å². The predicted octanol–water partition coefficient (Wildman–Crippen LogP) is 1.86. The summed E-state index contributed by atoms with van der Waals surface area (Å²) in [5.41, 5.74) is 3.89. The van der Waals surface area contributed by atoms with Crippen LogP contribution >= 0.6 is 15.9 Å². The van der Waals surface area contributed by atoms with Crippen LogP contribution in [0.4, 0.5) is 19.0 Å².